The van der Waals surface area contributed by atoms with Crippen molar-refractivity contribution in [3.8, 4) is 0 Å². The van der Waals surface area contributed by atoms with Gasteiger partial charge in [0.15, 0.2) is 0 Å². The minimum Gasteiger partial charge on any atom is -0.298 e. The van der Waals surface area contributed by atoms with Crippen molar-refractivity contribution in [1.29, 1.82) is 0 Å². The molecule has 20 heavy (non-hydrogen) atoms. The Morgan fingerprint density at radius 1 is 1.30 bits per heavy atom. The van der Waals surface area contributed by atoms with Crippen LogP contribution < -0.4 is 0 Å². The molecule has 1 aliphatic carbocycles. The van der Waals surface area contributed by atoms with Gasteiger partial charge in [-0.3, -0.25) is 9.58 Å². The zero-order valence-corrected chi connectivity index (χ0v) is 12.4. The molecule has 1 aromatic heterocycles. The molecule has 1 unspecified atom stereocenters. The fourth-order valence-corrected chi connectivity index (χ4v) is 3.23. The van der Waals surface area contributed by atoms with E-state index in [1.165, 1.54) is 36.1 Å². The van der Waals surface area contributed by atoms with E-state index < -0.39 is 0 Å². The highest BCUT2D eigenvalue weighted by molar-refractivity contribution is 5.32. The first-order valence-corrected chi connectivity index (χ1v) is 7.52. The van der Waals surface area contributed by atoms with Crippen molar-refractivity contribution in [3.63, 3.8) is 0 Å². The third-order valence-electron chi connectivity index (χ3n) is 4.46. The van der Waals surface area contributed by atoms with Crippen LogP contribution in [0.4, 0.5) is 0 Å². The van der Waals surface area contributed by atoms with E-state index in [4.69, 9.17) is 0 Å². The second-order valence-corrected chi connectivity index (χ2v) is 5.78. The van der Waals surface area contributed by atoms with E-state index in [1.54, 1.807) is 0 Å². The van der Waals surface area contributed by atoms with Gasteiger partial charge in [-0.05, 0) is 50.4 Å². The summed E-state index contributed by atoms with van der Waals surface area (Å²) in [5, 5.41) is 4.37. The fraction of sp³-hybridized carbons (Fsp3) is 0.471. The average Bonchev–Trinajstić information content (AvgIpc) is 2.89. The zero-order chi connectivity index (χ0) is 13.9. The molecule has 1 aromatic carbocycles. The molecule has 3 nitrogen and oxygen atoms in total. The highest BCUT2D eigenvalue weighted by Crippen LogP contribution is 2.33. The molecule has 3 heteroatoms. The highest BCUT2D eigenvalue weighted by Gasteiger charge is 2.23. The molecule has 3 rings (SSSR count). The van der Waals surface area contributed by atoms with E-state index >= 15 is 0 Å². The second kappa shape index (κ2) is 5.80. The Kier molecular flexibility index (Phi) is 3.88. The molecule has 1 atom stereocenters. The van der Waals surface area contributed by atoms with Crippen LogP contribution in [0.1, 0.15) is 35.7 Å². The molecule has 0 aliphatic heterocycles. The summed E-state index contributed by atoms with van der Waals surface area (Å²) >= 11 is 0. The maximum atomic E-state index is 4.37. The molecule has 0 spiro atoms. The lowest BCUT2D eigenvalue weighted by molar-refractivity contribution is 0.210. The highest BCUT2D eigenvalue weighted by atomic mass is 15.3. The molecule has 0 fully saturated rings. The van der Waals surface area contributed by atoms with Crippen LogP contribution in [0.15, 0.2) is 36.5 Å². The van der Waals surface area contributed by atoms with Crippen LogP contribution in [0.5, 0.6) is 0 Å². The summed E-state index contributed by atoms with van der Waals surface area (Å²) in [5.74, 6) is 0. The molecule has 0 N–H and O–H groups in total. The molecule has 2 aromatic rings. The first kappa shape index (κ1) is 13.4. The van der Waals surface area contributed by atoms with Crippen LogP contribution in [0.25, 0.3) is 0 Å². The molecule has 1 aliphatic rings. The van der Waals surface area contributed by atoms with E-state index in [2.05, 4.69) is 59.0 Å². The first-order chi connectivity index (χ1) is 9.75. The molecule has 106 valence electrons. The summed E-state index contributed by atoms with van der Waals surface area (Å²) in [6.45, 7) is 4.12. The SMILES string of the molecule is Cc1ccnn1CCN(C)C1CCCc2ccccc21. The Hall–Kier alpha value is -1.61. The Morgan fingerprint density at radius 2 is 2.15 bits per heavy atom. The van der Waals surface area contributed by atoms with Crippen molar-refractivity contribution in [1.82, 2.24) is 14.7 Å². The van der Waals surface area contributed by atoms with Crippen molar-refractivity contribution in [2.24, 2.45) is 0 Å². The fourth-order valence-electron chi connectivity index (χ4n) is 3.23. The van der Waals surface area contributed by atoms with Crippen molar-refractivity contribution in [2.45, 2.75) is 38.8 Å². The Morgan fingerprint density at radius 3 is 2.95 bits per heavy atom. The van der Waals surface area contributed by atoms with Gasteiger partial charge in [0.05, 0.1) is 6.54 Å². The van der Waals surface area contributed by atoms with E-state index in [1.807, 2.05) is 6.20 Å². The van der Waals surface area contributed by atoms with Gasteiger partial charge in [-0.15, -0.1) is 0 Å². The van der Waals surface area contributed by atoms with Gasteiger partial charge in [0.25, 0.3) is 0 Å². The van der Waals surface area contributed by atoms with Crippen molar-refractivity contribution >= 4 is 0 Å². The molecule has 0 amide bonds. The second-order valence-electron chi connectivity index (χ2n) is 5.78. The molecule has 0 saturated heterocycles. The maximum absolute atomic E-state index is 4.37. The smallest absolute Gasteiger partial charge is 0.0539 e. The number of hydrogen-bond acceptors (Lipinski definition) is 2. The van der Waals surface area contributed by atoms with Crippen molar-refractivity contribution in [3.05, 3.63) is 53.3 Å². The lowest BCUT2D eigenvalue weighted by atomic mass is 9.87. The lowest BCUT2D eigenvalue weighted by Crippen LogP contribution is -2.31. The largest absolute Gasteiger partial charge is 0.298 e. The van der Waals surface area contributed by atoms with Gasteiger partial charge in [0.2, 0.25) is 0 Å². The van der Waals surface area contributed by atoms with E-state index in [0.29, 0.717) is 6.04 Å². The van der Waals surface area contributed by atoms with Crippen molar-refractivity contribution < 1.29 is 0 Å². The monoisotopic (exact) mass is 269 g/mol. The van der Waals surface area contributed by atoms with Gasteiger partial charge >= 0.3 is 0 Å². The summed E-state index contributed by atoms with van der Waals surface area (Å²) in [7, 11) is 2.24. The minimum absolute atomic E-state index is 0.566. The predicted molar refractivity (Wildman–Crippen MR) is 81.7 cm³/mol. The van der Waals surface area contributed by atoms with Gasteiger partial charge in [-0.25, -0.2) is 0 Å². The van der Waals surface area contributed by atoms with Gasteiger partial charge in [-0.2, -0.15) is 5.10 Å². The number of hydrogen-bond donors (Lipinski definition) is 0. The maximum Gasteiger partial charge on any atom is 0.0539 e. The van der Waals surface area contributed by atoms with Crippen LogP contribution in [-0.4, -0.2) is 28.3 Å². The molecular weight excluding hydrogens is 246 g/mol. The van der Waals surface area contributed by atoms with Crippen LogP contribution >= 0.6 is 0 Å². The van der Waals surface area contributed by atoms with Crippen LogP contribution in [0.3, 0.4) is 0 Å². The molecule has 1 heterocycles. The first-order valence-electron chi connectivity index (χ1n) is 7.52. The molecular formula is C17H23N3. The number of likely N-dealkylation sites (N-methyl/N-ethyl adjacent to an activating group) is 1. The number of benzene rings is 1. The summed E-state index contributed by atoms with van der Waals surface area (Å²) in [6.07, 6.45) is 5.68. The Balaban J connectivity index is 1.69. The minimum atomic E-state index is 0.566. The number of aromatic nitrogens is 2. The van der Waals surface area contributed by atoms with Crippen LogP contribution in [-0.2, 0) is 13.0 Å². The van der Waals surface area contributed by atoms with Gasteiger partial charge in [0.1, 0.15) is 0 Å². The predicted octanol–water partition coefficient (Wildman–Crippen LogP) is 3.20. The van der Waals surface area contributed by atoms with Crippen LogP contribution in [0.2, 0.25) is 0 Å². The standard InChI is InChI=1S/C17H23N3/c1-14-10-11-18-20(14)13-12-19(2)17-9-5-7-15-6-3-4-8-16(15)17/h3-4,6,8,10-11,17H,5,7,9,12-13H2,1-2H3. The molecule has 0 bridgehead atoms. The molecule has 0 saturated carbocycles. The topological polar surface area (TPSA) is 21.1 Å². The quantitative estimate of drug-likeness (QED) is 0.850. The Labute approximate surface area is 121 Å². The number of fused-ring (bicyclic) bond motifs is 1. The van der Waals surface area contributed by atoms with Gasteiger partial charge in [0, 0.05) is 24.5 Å². The number of nitrogens with zero attached hydrogens (tertiary/aromatic N) is 3. The summed E-state index contributed by atoms with van der Waals surface area (Å²) < 4.78 is 2.09. The normalized spacial score (nSPS) is 18.2. The van der Waals surface area contributed by atoms with E-state index in [-0.39, 0.29) is 0 Å². The van der Waals surface area contributed by atoms with Crippen LogP contribution in [0, 0.1) is 6.92 Å². The third-order valence-corrected chi connectivity index (χ3v) is 4.46. The third kappa shape index (κ3) is 2.63. The van der Waals surface area contributed by atoms with E-state index in [0.717, 1.165) is 13.1 Å². The van der Waals surface area contributed by atoms with Crippen molar-refractivity contribution in [2.75, 3.05) is 13.6 Å². The average molecular weight is 269 g/mol. The summed E-state index contributed by atoms with van der Waals surface area (Å²) in [5.41, 5.74) is 4.30. The van der Waals surface area contributed by atoms with Gasteiger partial charge in [-0.1, -0.05) is 24.3 Å². The zero-order valence-electron chi connectivity index (χ0n) is 12.4. The summed E-state index contributed by atoms with van der Waals surface area (Å²) in [6, 6.07) is 11.5. The summed E-state index contributed by atoms with van der Waals surface area (Å²) in [4.78, 5) is 2.49. The number of aryl methyl sites for hydroxylation is 2. The lowest BCUT2D eigenvalue weighted by Gasteiger charge is -2.33. The van der Waals surface area contributed by atoms with Gasteiger partial charge < -0.3 is 0 Å². The van der Waals surface area contributed by atoms with E-state index in [9.17, 15) is 0 Å². The molecule has 0 radical (unpaired) electrons. The Bertz CT molecular complexity index is 573. The number of rotatable bonds is 4.